The molecule has 1 N–H and O–H groups in total. The number of hydrogen-bond acceptors (Lipinski definition) is 3. The zero-order valence-electron chi connectivity index (χ0n) is 8.16. The van der Waals surface area contributed by atoms with Crippen LogP contribution in [0.25, 0.3) is 0 Å². The summed E-state index contributed by atoms with van der Waals surface area (Å²) >= 11 is 0. The van der Waals surface area contributed by atoms with E-state index in [4.69, 9.17) is 4.74 Å². The van der Waals surface area contributed by atoms with Gasteiger partial charge in [-0.3, -0.25) is 10.1 Å². The summed E-state index contributed by atoms with van der Waals surface area (Å²) in [6.07, 6.45) is -0.328. The second kappa shape index (κ2) is 3.77. The molecule has 2 unspecified atom stereocenters. The van der Waals surface area contributed by atoms with Crippen molar-refractivity contribution in [3.63, 3.8) is 0 Å². The van der Waals surface area contributed by atoms with E-state index in [1.54, 1.807) is 0 Å². The Morgan fingerprint density at radius 3 is 2.38 bits per heavy atom. The average Bonchev–Trinajstić information content (AvgIpc) is 2.28. The largest absolute Gasteiger partial charge is 0.436 e. The van der Waals surface area contributed by atoms with Gasteiger partial charge < -0.3 is 4.74 Å². The van der Waals surface area contributed by atoms with Gasteiger partial charge in [0.25, 0.3) is 5.91 Å². The number of carbonyl (C=O) groups excluding carboxylic acids is 2. The molecule has 0 aromatic rings. The first-order valence-electron chi connectivity index (χ1n) is 4.52. The van der Waals surface area contributed by atoms with Crippen LogP contribution in [-0.4, -0.2) is 18.1 Å². The molecule has 1 aliphatic heterocycles. The van der Waals surface area contributed by atoms with Gasteiger partial charge in [-0.25, -0.2) is 4.79 Å². The van der Waals surface area contributed by atoms with E-state index in [-0.39, 0.29) is 11.8 Å². The zero-order valence-corrected chi connectivity index (χ0v) is 8.16. The maximum Gasteiger partial charge on any atom is 0.414 e. The predicted octanol–water partition coefficient (Wildman–Crippen LogP) is 1.30. The van der Waals surface area contributed by atoms with Crippen molar-refractivity contribution in [2.75, 3.05) is 0 Å². The zero-order chi connectivity index (χ0) is 10.0. The Bertz CT molecular complexity index is 225. The second-order valence-electron chi connectivity index (χ2n) is 3.92. The smallest absolute Gasteiger partial charge is 0.414 e. The van der Waals surface area contributed by atoms with Gasteiger partial charge >= 0.3 is 6.09 Å². The maximum absolute atomic E-state index is 11.2. The fourth-order valence-electron chi connectivity index (χ4n) is 1.61. The first-order valence-corrected chi connectivity index (χ1v) is 4.52. The van der Waals surface area contributed by atoms with Crippen molar-refractivity contribution in [3.8, 4) is 0 Å². The molecule has 1 heterocycles. The Balaban J connectivity index is 2.52. The first kappa shape index (κ1) is 10.0. The Kier molecular flexibility index (Phi) is 2.90. The molecule has 4 nitrogen and oxygen atoms in total. The average molecular weight is 185 g/mol. The van der Waals surface area contributed by atoms with Gasteiger partial charge in [-0.2, -0.15) is 0 Å². The molecule has 13 heavy (non-hydrogen) atoms. The highest BCUT2D eigenvalue weighted by atomic mass is 16.6. The van der Waals surface area contributed by atoms with Gasteiger partial charge in [0.2, 0.25) is 0 Å². The summed E-state index contributed by atoms with van der Waals surface area (Å²) in [6.45, 7) is 6.07. The van der Waals surface area contributed by atoms with E-state index in [1.807, 2.05) is 6.92 Å². The number of ether oxygens (including phenoxy) is 1. The Labute approximate surface area is 77.6 Å². The molecular formula is C9H15NO3. The van der Waals surface area contributed by atoms with Crippen molar-refractivity contribution >= 4 is 12.0 Å². The van der Waals surface area contributed by atoms with Gasteiger partial charge in [-0.15, -0.1) is 0 Å². The quantitative estimate of drug-likeness (QED) is 0.721. The topological polar surface area (TPSA) is 55.4 Å². The summed E-state index contributed by atoms with van der Waals surface area (Å²) < 4.78 is 4.84. The summed E-state index contributed by atoms with van der Waals surface area (Å²) in [5.41, 5.74) is 0. The van der Waals surface area contributed by atoms with Crippen molar-refractivity contribution in [3.05, 3.63) is 0 Å². The van der Waals surface area contributed by atoms with Crippen LogP contribution in [0.5, 0.6) is 0 Å². The number of rotatable bonds is 3. The molecule has 1 rings (SSSR count). The monoisotopic (exact) mass is 185 g/mol. The number of amides is 2. The molecule has 0 aromatic heterocycles. The van der Waals surface area contributed by atoms with Gasteiger partial charge in [-0.05, 0) is 12.3 Å². The summed E-state index contributed by atoms with van der Waals surface area (Å²) in [5.74, 6) is 0.284. The van der Waals surface area contributed by atoms with Crippen molar-refractivity contribution < 1.29 is 14.3 Å². The first-order chi connectivity index (χ1) is 6.00. The molecule has 0 radical (unpaired) electrons. The van der Waals surface area contributed by atoms with Gasteiger partial charge in [0.15, 0.2) is 6.10 Å². The number of alkyl carbamates (subject to hydrolysis) is 1. The van der Waals surface area contributed by atoms with E-state index in [2.05, 4.69) is 19.2 Å². The predicted molar refractivity (Wildman–Crippen MR) is 47.0 cm³/mol. The third-order valence-electron chi connectivity index (χ3n) is 2.08. The highest BCUT2D eigenvalue weighted by molar-refractivity contribution is 6.00. The van der Waals surface area contributed by atoms with E-state index in [9.17, 15) is 9.59 Å². The fraction of sp³-hybridized carbons (Fsp3) is 0.778. The molecule has 0 spiro atoms. The minimum atomic E-state index is -0.620. The van der Waals surface area contributed by atoms with Crippen LogP contribution in [0.1, 0.15) is 27.2 Å². The Morgan fingerprint density at radius 2 is 2.00 bits per heavy atom. The lowest BCUT2D eigenvalue weighted by Gasteiger charge is -2.17. The summed E-state index contributed by atoms with van der Waals surface area (Å²) in [5, 5.41) is 2.12. The lowest BCUT2D eigenvalue weighted by Crippen LogP contribution is -2.30. The molecule has 0 aliphatic carbocycles. The molecule has 0 aromatic carbocycles. The number of carbonyl (C=O) groups is 2. The Hall–Kier alpha value is -1.06. The number of hydrogen-bond donors (Lipinski definition) is 1. The van der Waals surface area contributed by atoms with E-state index in [1.165, 1.54) is 0 Å². The minimum absolute atomic E-state index is 0.0893. The SMILES string of the molecule is CC(C)CC(C)C1OC(=O)NC1=O. The number of cyclic esters (lactones) is 1. The highest BCUT2D eigenvalue weighted by Crippen LogP contribution is 2.20. The van der Waals surface area contributed by atoms with Crippen molar-refractivity contribution in [2.24, 2.45) is 11.8 Å². The molecule has 74 valence electrons. The Morgan fingerprint density at radius 1 is 1.38 bits per heavy atom. The van der Waals surface area contributed by atoms with E-state index in [0.29, 0.717) is 5.92 Å². The van der Waals surface area contributed by atoms with Crippen LogP contribution in [0.3, 0.4) is 0 Å². The maximum atomic E-state index is 11.2. The number of imide groups is 1. The third-order valence-corrected chi connectivity index (χ3v) is 2.08. The van der Waals surface area contributed by atoms with Crippen LogP contribution in [0.2, 0.25) is 0 Å². The fourth-order valence-corrected chi connectivity index (χ4v) is 1.61. The van der Waals surface area contributed by atoms with Crippen LogP contribution in [0, 0.1) is 11.8 Å². The van der Waals surface area contributed by atoms with Crippen LogP contribution in [0.15, 0.2) is 0 Å². The van der Waals surface area contributed by atoms with Crippen LogP contribution >= 0.6 is 0 Å². The molecule has 1 saturated heterocycles. The normalized spacial score (nSPS) is 24.5. The van der Waals surface area contributed by atoms with E-state index in [0.717, 1.165) is 6.42 Å². The standard InChI is InChI=1S/C9H15NO3/c1-5(2)4-6(3)7-8(11)10-9(12)13-7/h5-7H,4H2,1-3H3,(H,10,11,12). The van der Waals surface area contributed by atoms with Crippen molar-refractivity contribution in [1.29, 1.82) is 0 Å². The molecular weight excluding hydrogens is 170 g/mol. The van der Waals surface area contributed by atoms with Crippen LogP contribution in [0.4, 0.5) is 4.79 Å². The summed E-state index contributed by atoms with van der Waals surface area (Å²) in [6, 6.07) is 0. The van der Waals surface area contributed by atoms with Gasteiger partial charge in [0, 0.05) is 5.92 Å². The lowest BCUT2D eigenvalue weighted by molar-refractivity contribution is -0.125. The molecule has 0 saturated carbocycles. The molecule has 0 bridgehead atoms. The third kappa shape index (κ3) is 2.44. The van der Waals surface area contributed by atoms with Gasteiger partial charge in [0.1, 0.15) is 0 Å². The molecule has 4 heteroatoms. The van der Waals surface area contributed by atoms with Crippen LogP contribution in [-0.2, 0) is 9.53 Å². The molecule has 1 fully saturated rings. The second-order valence-corrected chi connectivity index (χ2v) is 3.92. The summed E-state index contributed by atoms with van der Waals surface area (Å²) in [7, 11) is 0. The lowest BCUT2D eigenvalue weighted by atomic mass is 9.94. The summed E-state index contributed by atoms with van der Waals surface area (Å²) in [4.78, 5) is 21.9. The van der Waals surface area contributed by atoms with Crippen molar-refractivity contribution in [2.45, 2.75) is 33.3 Å². The van der Waals surface area contributed by atoms with Gasteiger partial charge in [-0.1, -0.05) is 20.8 Å². The molecule has 1 aliphatic rings. The highest BCUT2D eigenvalue weighted by Gasteiger charge is 2.36. The van der Waals surface area contributed by atoms with Crippen LogP contribution < -0.4 is 5.32 Å². The van der Waals surface area contributed by atoms with E-state index >= 15 is 0 Å². The van der Waals surface area contributed by atoms with Crippen molar-refractivity contribution in [1.82, 2.24) is 5.32 Å². The van der Waals surface area contributed by atoms with Gasteiger partial charge in [0.05, 0.1) is 0 Å². The van der Waals surface area contributed by atoms with E-state index < -0.39 is 12.2 Å². The minimum Gasteiger partial charge on any atom is -0.436 e. The molecule has 2 amide bonds. The number of nitrogens with one attached hydrogen (secondary N) is 1. The molecule has 2 atom stereocenters.